The van der Waals surface area contributed by atoms with Gasteiger partial charge in [0, 0.05) is 18.7 Å². The van der Waals surface area contributed by atoms with Crippen LogP contribution in [0, 0.1) is 0 Å². The Bertz CT molecular complexity index is 315. The van der Waals surface area contributed by atoms with Gasteiger partial charge in [0.15, 0.2) is 0 Å². The molecule has 0 saturated carbocycles. The topological polar surface area (TPSA) is 94.0 Å². The van der Waals surface area contributed by atoms with E-state index >= 15 is 0 Å². The summed E-state index contributed by atoms with van der Waals surface area (Å²) in [5.41, 5.74) is 5.31. The summed E-state index contributed by atoms with van der Waals surface area (Å²) in [5, 5.41) is 10.6. The van der Waals surface area contributed by atoms with E-state index in [4.69, 9.17) is 10.2 Å². The molecule has 1 amide bonds. The lowest BCUT2D eigenvalue weighted by atomic mass is 10.4. The van der Waals surface area contributed by atoms with Crippen LogP contribution in [0.1, 0.15) is 19.2 Å². The van der Waals surface area contributed by atoms with Gasteiger partial charge in [-0.15, -0.1) is 10.2 Å². The van der Waals surface area contributed by atoms with Crippen LogP contribution in [0.4, 0.5) is 0 Å². The number of carbonyl (C=O) groups is 1. The van der Waals surface area contributed by atoms with Crippen LogP contribution >= 0.6 is 11.8 Å². The number of thioether (sulfide) groups is 1. The molecule has 1 rings (SSSR count). The lowest BCUT2D eigenvalue weighted by Gasteiger charge is -1.99. The number of rotatable bonds is 6. The Hall–Kier alpha value is -1.08. The van der Waals surface area contributed by atoms with E-state index in [1.54, 1.807) is 0 Å². The van der Waals surface area contributed by atoms with Crippen molar-refractivity contribution in [2.45, 2.75) is 25.1 Å². The van der Waals surface area contributed by atoms with Gasteiger partial charge in [0.1, 0.15) is 0 Å². The van der Waals surface area contributed by atoms with E-state index in [1.807, 2.05) is 6.92 Å². The number of aromatic nitrogens is 2. The average Bonchev–Trinajstić information content (AvgIpc) is 2.66. The Balaban J connectivity index is 2.22. The van der Waals surface area contributed by atoms with E-state index in [1.165, 1.54) is 11.8 Å². The quantitative estimate of drug-likeness (QED) is 0.675. The molecule has 1 heterocycles. The second-order valence-electron chi connectivity index (χ2n) is 2.72. The van der Waals surface area contributed by atoms with Crippen molar-refractivity contribution >= 4 is 17.7 Å². The monoisotopic (exact) mass is 230 g/mol. The van der Waals surface area contributed by atoms with E-state index in [0.29, 0.717) is 29.8 Å². The molecule has 0 radical (unpaired) electrons. The summed E-state index contributed by atoms with van der Waals surface area (Å²) in [6.07, 6.45) is 0.443. The summed E-state index contributed by atoms with van der Waals surface area (Å²) in [6.45, 7) is 2.78. The third-order valence-electron chi connectivity index (χ3n) is 1.55. The maximum atomic E-state index is 11.1. The van der Waals surface area contributed by atoms with Crippen LogP contribution in [-0.2, 0) is 11.3 Å². The van der Waals surface area contributed by atoms with Crippen molar-refractivity contribution in [3.05, 3.63) is 5.89 Å². The van der Waals surface area contributed by atoms with E-state index in [2.05, 4.69) is 15.5 Å². The van der Waals surface area contributed by atoms with E-state index < -0.39 is 0 Å². The van der Waals surface area contributed by atoms with Gasteiger partial charge < -0.3 is 15.5 Å². The van der Waals surface area contributed by atoms with Gasteiger partial charge in [0.25, 0.3) is 5.22 Å². The largest absolute Gasteiger partial charge is 0.415 e. The Morgan fingerprint density at radius 2 is 2.40 bits per heavy atom. The summed E-state index contributed by atoms with van der Waals surface area (Å²) in [7, 11) is 0. The molecule has 0 unspecified atom stereocenters. The van der Waals surface area contributed by atoms with Gasteiger partial charge in [-0.1, -0.05) is 11.8 Å². The lowest BCUT2D eigenvalue weighted by molar-refractivity contribution is -0.120. The fourth-order valence-electron chi connectivity index (χ4n) is 0.896. The van der Waals surface area contributed by atoms with Crippen LogP contribution in [0.2, 0.25) is 0 Å². The first-order valence-electron chi connectivity index (χ1n) is 4.68. The van der Waals surface area contributed by atoms with Crippen molar-refractivity contribution in [1.82, 2.24) is 15.5 Å². The zero-order valence-corrected chi connectivity index (χ0v) is 9.34. The number of nitrogens with zero attached hydrogens (tertiary/aromatic N) is 2. The van der Waals surface area contributed by atoms with E-state index in [-0.39, 0.29) is 12.5 Å². The van der Waals surface area contributed by atoms with Crippen molar-refractivity contribution in [2.24, 2.45) is 5.73 Å². The molecule has 0 aliphatic carbocycles. The van der Waals surface area contributed by atoms with Crippen LogP contribution in [0.15, 0.2) is 9.64 Å². The molecular weight excluding hydrogens is 216 g/mol. The van der Waals surface area contributed by atoms with Crippen LogP contribution in [-0.4, -0.2) is 28.4 Å². The van der Waals surface area contributed by atoms with Crippen LogP contribution < -0.4 is 11.1 Å². The van der Waals surface area contributed by atoms with Crippen LogP contribution in [0.25, 0.3) is 0 Å². The predicted octanol–water partition coefficient (Wildman–Crippen LogP) is 0.147. The maximum absolute atomic E-state index is 11.1. The van der Waals surface area contributed by atoms with Gasteiger partial charge in [-0.05, 0) is 6.92 Å². The van der Waals surface area contributed by atoms with Gasteiger partial charge >= 0.3 is 0 Å². The normalized spacial score (nSPS) is 10.3. The minimum absolute atomic E-state index is 0.0311. The zero-order valence-electron chi connectivity index (χ0n) is 8.52. The highest BCUT2D eigenvalue weighted by atomic mass is 32.2. The van der Waals surface area contributed by atoms with E-state index in [9.17, 15) is 4.79 Å². The number of carbonyl (C=O) groups excluding carboxylic acids is 1. The fourth-order valence-corrected chi connectivity index (χ4v) is 1.61. The Kier molecular flexibility index (Phi) is 5.13. The number of nitrogens with two attached hydrogens (primary N) is 1. The second-order valence-corrected chi connectivity index (χ2v) is 3.76. The average molecular weight is 230 g/mol. The molecule has 0 bridgehead atoms. The molecule has 7 heteroatoms. The molecule has 3 N–H and O–H groups in total. The SMILES string of the molecule is CCNC(=O)CCSc1nnc(CN)o1. The molecule has 6 nitrogen and oxygen atoms in total. The molecule has 84 valence electrons. The Morgan fingerprint density at radius 1 is 1.60 bits per heavy atom. The zero-order chi connectivity index (χ0) is 11.1. The summed E-state index contributed by atoms with van der Waals surface area (Å²) >= 11 is 1.35. The molecule has 1 aromatic heterocycles. The summed E-state index contributed by atoms with van der Waals surface area (Å²) < 4.78 is 5.16. The third kappa shape index (κ3) is 4.30. The van der Waals surface area contributed by atoms with Gasteiger partial charge in [-0.25, -0.2) is 0 Å². The predicted molar refractivity (Wildman–Crippen MR) is 56.2 cm³/mol. The highest BCUT2D eigenvalue weighted by molar-refractivity contribution is 7.99. The molecule has 0 spiro atoms. The first-order valence-corrected chi connectivity index (χ1v) is 5.66. The first kappa shape index (κ1) is 12.0. The van der Waals surface area contributed by atoms with Gasteiger partial charge in [0.2, 0.25) is 11.8 Å². The molecule has 0 fully saturated rings. The molecule has 0 atom stereocenters. The number of amides is 1. The van der Waals surface area contributed by atoms with Crippen molar-refractivity contribution in [3.8, 4) is 0 Å². The maximum Gasteiger partial charge on any atom is 0.276 e. The van der Waals surface area contributed by atoms with Crippen molar-refractivity contribution in [1.29, 1.82) is 0 Å². The van der Waals surface area contributed by atoms with Crippen molar-refractivity contribution < 1.29 is 9.21 Å². The number of nitrogens with one attached hydrogen (secondary N) is 1. The first-order chi connectivity index (χ1) is 7.26. The van der Waals surface area contributed by atoms with Gasteiger partial charge in [-0.3, -0.25) is 4.79 Å². The molecular formula is C8H14N4O2S. The third-order valence-corrected chi connectivity index (χ3v) is 2.37. The van der Waals surface area contributed by atoms with Crippen LogP contribution in [0.3, 0.4) is 0 Å². The number of hydrogen-bond donors (Lipinski definition) is 2. The highest BCUT2D eigenvalue weighted by Crippen LogP contribution is 2.16. The summed E-state index contributed by atoms with van der Waals surface area (Å²) in [6, 6.07) is 0. The molecule has 1 aromatic rings. The van der Waals surface area contributed by atoms with Crippen molar-refractivity contribution in [3.63, 3.8) is 0 Å². The fraction of sp³-hybridized carbons (Fsp3) is 0.625. The Morgan fingerprint density at radius 3 is 3.00 bits per heavy atom. The number of hydrogen-bond acceptors (Lipinski definition) is 6. The van der Waals surface area contributed by atoms with Crippen LogP contribution in [0.5, 0.6) is 0 Å². The lowest BCUT2D eigenvalue weighted by Crippen LogP contribution is -2.22. The van der Waals surface area contributed by atoms with Gasteiger partial charge in [0.05, 0.1) is 6.54 Å². The molecule has 0 aliphatic heterocycles. The smallest absolute Gasteiger partial charge is 0.276 e. The Labute approximate surface area is 92.0 Å². The standard InChI is InChI=1S/C8H14N4O2S/c1-2-10-6(13)3-4-15-8-12-11-7(5-9)14-8/h2-5,9H2,1H3,(H,10,13). The minimum Gasteiger partial charge on any atom is -0.415 e. The molecule has 0 aliphatic rings. The van der Waals surface area contributed by atoms with E-state index in [0.717, 1.165) is 0 Å². The molecule has 0 saturated heterocycles. The second kappa shape index (κ2) is 6.41. The summed E-state index contributed by atoms with van der Waals surface area (Å²) in [4.78, 5) is 11.1. The van der Waals surface area contributed by atoms with Crippen molar-refractivity contribution in [2.75, 3.05) is 12.3 Å². The van der Waals surface area contributed by atoms with Gasteiger partial charge in [-0.2, -0.15) is 0 Å². The molecule has 15 heavy (non-hydrogen) atoms. The minimum atomic E-state index is 0.0311. The molecule has 0 aromatic carbocycles. The summed E-state index contributed by atoms with van der Waals surface area (Å²) in [5.74, 6) is 1.07. The highest BCUT2D eigenvalue weighted by Gasteiger charge is 2.06.